The molecule has 29 heavy (non-hydrogen) atoms. The molecule has 2 aliphatic rings. The molecule has 158 valence electrons. The average molecular weight is 440 g/mol. The second-order valence-electron chi connectivity index (χ2n) is 7.30. The first-order chi connectivity index (χ1) is 14.0. The molecule has 1 amide bonds. The summed E-state index contributed by atoms with van der Waals surface area (Å²) >= 11 is 1.19. The van der Waals surface area contributed by atoms with E-state index in [1.165, 1.54) is 16.1 Å². The second-order valence-corrected chi connectivity index (χ2v) is 10.2. The number of hydrogen-bond acceptors (Lipinski definition) is 7. The first kappa shape index (κ1) is 20.6. The van der Waals surface area contributed by atoms with Gasteiger partial charge < -0.3 is 14.5 Å². The number of ether oxygens (including phenoxy) is 1. The van der Waals surface area contributed by atoms with Gasteiger partial charge in [0.25, 0.3) is 5.22 Å². The number of oxazole rings is 1. The summed E-state index contributed by atoms with van der Waals surface area (Å²) in [7, 11) is -3.52. The molecule has 10 heteroatoms. The largest absolute Gasteiger partial charge is 0.431 e. The van der Waals surface area contributed by atoms with Crippen molar-refractivity contribution in [2.24, 2.45) is 0 Å². The number of thioether (sulfide) groups is 1. The van der Waals surface area contributed by atoms with Crippen LogP contribution in [-0.2, 0) is 19.6 Å². The zero-order chi connectivity index (χ0) is 20.3. The Bertz CT molecular complexity index is 963. The zero-order valence-corrected chi connectivity index (χ0v) is 17.8. The maximum Gasteiger partial charge on any atom is 0.257 e. The lowest BCUT2D eigenvalue weighted by atomic mass is 10.2. The van der Waals surface area contributed by atoms with E-state index in [4.69, 9.17) is 9.15 Å². The maximum atomic E-state index is 12.8. The van der Waals surface area contributed by atoms with E-state index in [1.807, 2.05) is 0 Å². The Morgan fingerprint density at radius 2 is 2.07 bits per heavy atom. The summed E-state index contributed by atoms with van der Waals surface area (Å²) in [6.07, 6.45) is 4.96. The molecule has 1 aromatic carbocycles. The standard InChI is InChI=1S/C19H25N3O5S2/c23-18(20-12-14-5-4-10-26-14)13-28-19-21-16-11-15(6-7-17(16)27-19)29(24,25)22-8-2-1-3-9-22/h6-7,11,14H,1-5,8-10,12-13H2,(H,20,23). The molecule has 3 heterocycles. The molecular formula is C19H25N3O5S2. The number of nitrogens with one attached hydrogen (secondary N) is 1. The number of hydrogen-bond donors (Lipinski definition) is 1. The number of benzene rings is 1. The topological polar surface area (TPSA) is 102 Å². The highest BCUT2D eigenvalue weighted by Gasteiger charge is 2.26. The van der Waals surface area contributed by atoms with Crippen molar-refractivity contribution in [3.05, 3.63) is 18.2 Å². The van der Waals surface area contributed by atoms with Crippen molar-refractivity contribution in [1.29, 1.82) is 0 Å². The smallest absolute Gasteiger partial charge is 0.257 e. The summed E-state index contributed by atoms with van der Waals surface area (Å²) in [4.78, 5) is 16.6. The number of carbonyl (C=O) groups is 1. The van der Waals surface area contributed by atoms with Crippen LogP contribution < -0.4 is 5.32 Å². The van der Waals surface area contributed by atoms with E-state index in [2.05, 4.69) is 10.3 Å². The molecule has 0 radical (unpaired) electrons. The molecule has 1 aromatic heterocycles. The number of rotatable bonds is 7. The predicted molar refractivity (Wildman–Crippen MR) is 109 cm³/mol. The summed E-state index contributed by atoms with van der Waals surface area (Å²) < 4.78 is 38.3. The molecule has 4 rings (SSSR count). The number of aromatic nitrogens is 1. The van der Waals surface area contributed by atoms with E-state index in [0.717, 1.165) is 38.7 Å². The van der Waals surface area contributed by atoms with Gasteiger partial charge in [-0.05, 0) is 43.9 Å². The summed E-state index contributed by atoms with van der Waals surface area (Å²) in [6.45, 7) is 2.39. The summed E-state index contributed by atoms with van der Waals surface area (Å²) in [6, 6.07) is 4.73. The third kappa shape index (κ3) is 4.93. The van der Waals surface area contributed by atoms with Crippen molar-refractivity contribution in [2.45, 2.75) is 48.3 Å². The number of fused-ring (bicyclic) bond motifs is 1. The van der Waals surface area contributed by atoms with E-state index < -0.39 is 10.0 Å². The number of sulfonamides is 1. The third-order valence-corrected chi connectivity index (χ3v) is 7.89. The lowest BCUT2D eigenvalue weighted by Gasteiger charge is -2.25. The summed E-state index contributed by atoms with van der Waals surface area (Å²) in [5.74, 6) is 0.0690. The van der Waals surface area contributed by atoms with E-state index in [-0.39, 0.29) is 22.7 Å². The fourth-order valence-electron chi connectivity index (χ4n) is 3.57. The van der Waals surface area contributed by atoms with Gasteiger partial charge in [0.15, 0.2) is 5.58 Å². The number of carbonyl (C=O) groups excluding carboxylic acids is 1. The molecule has 2 saturated heterocycles. The molecular weight excluding hydrogens is 414 g/mol. The van der Waals surface area contributed by atoms with Crippen molar-refractivity contribution in [3.63, 3.8) is 0 Å². The molecule has 1 atom stereocenters. The van der Waals surface area contributed by atoms with Crippen molar-refractivity contribution < 1.29 is 22.4 Å². The van der Waals surface area contributed by atoms with E-state index >= 15 is 0 Å². The molecule has 0 bridgehead atoms. The number of amides is 1. The Kier molecular flexibility index (Phi) is 6.43. The van der Waals surface area contributed by atoms with Gasteiger partial charge in [0.1, 0.15) is 5.52 Å². The van der Waals surface area contributed by atoms with Crippen LogP contribution in [-0.4, -0.2) is 61.7 Å². The highest BCUT2D eigenvalue weighted by Crippen LogP contribution is 2.27. The second kappa shape index (κ2) is 9.03. The van der Waals surface area contributed by atoms with Crippen LogP contribution in [0.15, 0.2) is 32.7 Å². The summed E-state index contributed by atoms with van der Waals surface area (Å²) in [5, 5.41) is 3.20. The Labute approximate surface area is 174 Å². The Hall–Kier alpha value is -1.62. The third-order valence-electron chi connectivity index (χ3n) is 5.17. The number of nitrogens with zero attached hydrogens (tertiary/aromatic N) is 2. The Balaban J connectivity index is 1.38. The normalized spacial score (nSPS) is 20.9. The van der Waals surface area contributed by atoms with Crippen LogP contribution >= 0.6 is 11.8 Å². The predicted octanol–water partition coefficient (Wildman–Crippen LogP) is 2.39. The minimum absolute atomic E-state index is 0.105. The first-order valence-electron chi connectivity index (χ1n) is 9.94. The summed E-state index contributed by atoms with van der Waals surface area (Å²) in [5.41, 5.74) is 0.982. The SMILES string of the molecule is O=C(CSc1nc2cc(S(=O)(=O)N3CCCCC3)ccc2o1)NCC1CCCO1. The van der Waals surface area contributed by atoms with E-state index in [0.29, 0.717) is 36.0 Å². The number of piperidine rings is 1. The van der Waals surface area contributed by atoms with Gasteiger partial charge in [-0.1, -0.05) is 18.2 Å². The lowest BCUT2D eigenvalue weighted by Crippen LogP contribution is -2.35. The molecule has 0 aliphatic carbocycles. The van der Waals surface area contributed by atoms with Gasteiger partial charge in [0.05, 0.1) is 16.8 Å². The van der Waals surface area contributed by atoms with Crippen molar-refractivity contribution >= 4 is 38.8 Å². The van der Waals surface area contributed by atoms with Crippen LogP contribution in [0.1, 0.15) is 32.1 Å². The maximum absolute atomic E-state index is 12.8. The minimum Gasteiger partial charge on any atom is -0.431 e. The lowest BCUT2D eigenvalue weighted by molar-refractivity contribution is -0.119. The van der Waals surface area contributed by atoms with Crippen molar-refractivity contribution in [3.8, 4) is 0 Å². The molecule has 0 spiro atoms. The highest BCUT2D eigenvalue weighted by atomic mass is 32.2. The fourth-order valence-corrected chi connectivity index (χ4v) is 5.78. The molecule has 2 aliphatic heterocycles. The van der Waals surface area contributed by atoms with Crippen LogP contribution in [0.2, 0.25) is 0 Å². The first-order valence-corrected chi connectivity index (χ1v) is 12.4. The van der Waals surface area contributed by atoms with Gasteiger partial charge in [0, 0.05) is 26.2 Å². The van der Waals surface area contributed by atoms with Gasteiger partial charge in [-0.3, -0.25) is 4.79 Å². The van der Waals surface area contributed by atoms with E-state index in [1.54, 1.807) is 18.2 Å². The van der Waals surface area contributed by atoms with Gasteiger partial charge in [-0.2, -0.15) is 4.31 Å². The van der Waals surface area contributed by atoms with Crippen LogP contribution in [0.3, 0.4) is 0 Å². The zero-order valence-electron chi connectivity index (χ0n) is 16.1. The quantitative estimate of drug-likeness (QED) is 0.661. The van der Waals surface area contributed by atoms with Gasteiger partial charge in [-0.25, -0.2) is 13.4 Å². The van der Waals surface area contributed by atoms with Crippen LogP contribution in [0.4, 0.5) is 0 Å². The van der Waals surface area contributed by atoms with Crippen molar-refractivity contribution in [2.75, 3.05) is 32.0 Å². The van der Waals surface area contributed by atoms with E-state index in [9.17, 15) is 13.2 Å². The Morgan fingerprint density at radius 1 is 1.24 bits per heavy atom. The highest BCUT2D eigenvalue weighted by molar-refractivity contribution is 7.99. The molecule has 8 nitrogen and oxygen atoms in total. The van der Waals surface area contributed by atoms with Crippen molar-refractivity contribution in [1.82, 2.24) is 14.6 Å². The van der Waals surface area contributed by atoms with Gasteiger partial charge in [0.2, 0.25) is 15.9 Å². The monoisotopic (exact) mass is 439 g/mol. The molecule has 1 unspecified atom stereocenters. The van der Waals surface area contributed by atoms with Gasteiger partial charge in [-0.15, -0.1) is 0 Å². The average Bonchev–Trinajstić information content (AvgIpc) is 3.40. The molecule has 2 fully saturated rings. The van der Waals surface area contributed by atoms with Crippen LogP contribution in [0.5, 0.6) is 0 Å². The molecule has 1 N–H and O–H groups in total. The fraction of sp³-hybridized carbons (Fsp3) is 0.579. The Morgan fingerprint density at radius 3 is 2.83 bits per heavy atom. The molecule has 2 aromatic rings. The molecule has 0 saturated carbocycles. The van der Waals surface area contributed by atoms with Crippen LogP contribution in [0.25, 0.3) is 11.1 Å². The minimum atomic E-state index is -3.52. The van der Waals surface area contributed by atoms with Crippen LogP contribution in [0, 0.1) is 0 Å². The van der Waals surface area contributed by atoms with Gasteiger partial charge >= 0.3 is 0 Å².